The van der Waals surface area contributed by atoms with E-state index in [-0.39, 0.29) is 0 Å². The van der Waals surface area contributed by atoms with Gasteiger partial charge in [0.2, 0.25) is 0 Å². The van der Waals surface area contributed by atoms with Crippen LogP contribution in [-0.2, 0) is 0 Å². The highest BCUT2D eigenvalue weighted by Gasteiger charge is 2.22. The normalized spacial score (nSPS) is 11.7. The third kappa shape index (κ3) is 5.74. The van der Waals surface area contributed by atoms with E-state index in [2.05, 4.69) is 192 Å². The number of para-hydroxylation sites is 2. The maximum Gasteiger partial charge on any atom is 0.159 e. The molecule has 0 saturated carbocycles. The Morgan fingerprint density at radius 2 is 0.950 bits per heavy atom. The minimum Gasteiger partial charge on any atom is -0.455 e. The van der Waals surface area contributed by atoms with E-state index >= 15 is 0 Å². The molecule has 0 spiro atoms. The van der Waals surface area contributed by atoms with Crippen molar-refractivity contribution in [1.82, 2.24) is 14.5 Å². The summed E-state index contributed by atoms with van der Waals surface area (Å²) < 4.78 is 8.96. The van der Waals surface area contributed by atoms with Crippen LogP contribution in [0.15, 0.2) is 120 Å². The summed E-state index contributed by atoms with van der Waals surface area (Å²) in [5.74, 6) is 0.774. The first-order valence-electron chi connectivity index (χ1n) is 21.0. The van der Waals surface area contributed by atoms with Crippen molar-refractivity contribution in [2.45, 2.75) is 0 Å². The minimum atomic E-state index is 0.774. The molecule has 3 aromatic heterocycles. The molecule has 0 aliphatic rings. The molecule has 0 fully saturated rings. The van der Waals surface area contributed by atoms with Gasteiger partial charge in [0.1, 0.15) is 89.6 Å². The monoisotopic (exact) mass is 759 g/mol. The van der Waals surface area contributed by atoms with Crippen LogP contribution in [0.5, 0.6) is 0 Å². The van der Waals surface area contributed by atoms with E-state index in [1.54, 1.807) is 0 Å². The quantitative estimate of drug-likeness (QED) is 0.165. The number of fused-ring (bicyclic) bond motifs is 7. The predicted molar refractivity (Wildman–Crippen MR) is 287 cm³/mol. The standard InChI is InChI=1S/C46H39B10N3O/c47-35-33(36(48)40(52)43(55)39(35)51)28-19-27(57-46(58-28)34-37(49)41(53)44(56)42(54)38(34)50)22-9-5-7-20(17-22)21-8-6-10-23(18-21)59-29-13-3-1-12-26(29)32-30(59)16-15-25-24-11-2-4-14-31(24)60-45(25)32/h1-19H,47-56H2. The minimum absolute atomic E-state index is 0.774. The topological polar surface area (TPSA) is 43.9 Å². The molecule has 0 saturated heterocycles. The van der Waals surface area contributed by atoms with Gasteiger partial charge in [0.15, 0.2) is 5.82 Å². The second-order valence-electron chi connectivity index (χ2n) is 16.9. The van der Waals surface area contributed by atoms with Crippen LogP contribution in [0, 0.1) is 0 Å². The maximum atomic E-state index is 6.58. The van der Waals surface area contributed by atoms with Gasteiger partial charge in [0.25, 0.3) is 0 Å². The molecule has 0 aliphatic carbocycles. The van der Waals surface area contributed by atoms with Crippen molar-refractivity contribution in [3.05, 3.63) is 115 Å². The van der Waals surface area contributed by atoms with E-state index in [9.17, 15) is 0 Å². The summed E-state index contributed by atoms with van der Waals surface area (Å²) in [5, 5.41) is 4.59. The van der Waals surface area contributed by atoms with Crippen molar-refractivity contribution in [2.24, 2.45) is 0 Å². The van der Waals surface area contributed by atoms with Crippen LogP contribution >= 0.6 is 0 Å². The summed E-state index contributed by atoms with van der Waals surface area (Å²) >= 11 is 0. The molecule has 0 amide bonds. The van der Waals surface area contributed by atoms with Crippen LogP contribution in [0.2, 0.25) is 0 Å². The smallest absolute Gasteiger partial charge is 0.159 e. The molecule has 274 valence electrons. The molecule has 0 radical (unpaired) electrons. The zero-order valence-corrected chi connectivity index (χ0v) is 36.2. The van der Waals surface area contributed by atoms with Gasteiger partial charge in [-0.05, 0) is 65.2 Å². The third-order valence-electron chi connectivity index (χ3n) is 14.0. The Morgan fingerprint density at radius 1 is 0.400 bits per heavy atom. The lowest BCUT2D eigenvalue weighted by molar-refractivity contribution is 0.673. The molecule has 0 aliphatic heterocycles. The van der Waals surface area contributed by atoms with Crippen molar-refractivity contribution in [3.8, 4) is 50.7 Å². The molecule has 4 nitrogen and oxygen atoms in total. The van der Waals surface area contributed by atoms with Crippen molar-refractivity contribution in [2.75, 3.05) is 0 Å². The highest BCUT2D eigenvalue weighted by molar-refractivity contribution is 6.70. The Kier molecular flexibility index (Phi) is 9.05. The van der Waals surface area contributed by atoms with Crippen molar-refractivity contribution in [1.29, 1.82) is 0 Å². The van der Waals surface area contributed by atoms with Gasteiger partial charge in [-0.1, -0.05) is 88.6 Å². The molecular weight excluding hydrogens is 719 g/mol. The van der Waals surface area contributed by atoms with E-state index in [4.69, 9.17) is 14.4 Å². The van der Waals surface area contributed by atoms with E-state index < -0.39 is 0 Å². The first kappa shape index (κ1) is 38.1. The van der Waals surface area contributed by atoms with E-state index in [1.807, 2.05) is 6.07 Å². The Bertz CT molecular complexity index is 3320. The third-order valence-corrected chi connectivity index (χ3v) is 14.0. The Labute approximate surface area is 360 Å². The van der Waals surface area contributed by atoms with Gasteiger partial charge in [-0.2, -0.15) is 0 Å². The summed E-state index contributed by atoms with van der Waals surface area (Å²) in [5.41, 5.74) is 25.6. The molecule has 0 N–H and O–H groups in total. The fraction of sp³-hybridized carbons (Fsp3) is 0. The molecule has 0 unspecified atom stereocenters. The Hall–Kier alpha value is -6.13. The van der Waals surface area contributed by atoms with Crippen LogP contribution in [-0.4, -0.2) is 93.0 Å². The zero-order valence-electron chi connectivity index (χ0n) is 36.2. The lowest BCUT2D eigenvalue weighted by Gasteiger charge is -2.22. The van der Waals surface area contributed by atoms with Crippen LogP contribution in [0.4, 0.5) is 0 Å². The Morgan fingerprint density at radius 3 is 1.65 bits per heavy atom. The highest BCUT2D eigenvalue weighted by atomic mass is 16.3. The summed E-state index contributed by atoms with van der Waals surface area (Å²) in [6.07, 6.45) is 0. The first-order chi connectivity index (χ1) is 28.9. The molecule has 7 aromatic carbocycles. The molecular formula is C46H39B10N3O. The molecule has 10 rings (SSSR count). The van der Waals surface area contributed by atoms with Crippen molar-refractivity contribution in [3.63, 3.8) is 0 Å². The van der Waals surface area contributed by atoms with Crippen LogP contribution in [0.25, 0.3) is 94.5 Å². The van der Waals surface area contributed by atoms with Gasteiger partial charge in [0.05, 0.1) is 27.8 Å². The summed E-state index contributed by atoms with van der Waals surface area (Å²) in [6, 6.07) is 41.4. The number of rotatable bonds is 5. The number of hydrogen-bond acceptors (Lipinski definition) is 3. The second-order valence-corrected chi connectivity index (χ2v) is 16.9. The van der Waals surface area contributed by atoms with Gasteiger partial charge in [-0.25, -0.2) is 9.97 Å². The molecule has 10 aromatic rings. The van der Waals surface area contributed by atoms with E-state index in [1.165, 1.54) is 65.6 Å². The van der Waals surface area contributed by atoms with Crippen molar-refractivity contribution < 1.29 is 4.42 Å². The number of aromatic nitrogens is 3. The zero-order chi connectivity index (χ0) is 41.7. The van der Waals surface area contributed by atoms with Crippen LogP contribution in [0.3, 0.4) is 0 Å². The molecule has 14 heteroatoms. The molecule has 3 heterocycles. The SMILES string of the molecule is Bc1c(B)c(B)c(-c2cc(-c3cccc(-c4cccc(-n5c6ccccc6c6c7oc8ccccc8c7ccc65)c4)c3)nc(-c3c(B)c(B)c(B)c(B)c3B)n2)c(B)c1B. The second kappa shape index (κ2) is 14.3. The summed E-state index contributed by atoms with van der Waals surface area (Å²) in [6.45, 7) is 0. The fourth-order valence-corrected chi connectivity index (χ4v) is 9.75. The largest absolute Gasteiger partial charge is 0.455 e. The summed E-state index contributed by atoms with van der Waals surface area (Å²) in [4.78, 5) is 10.9. The number of nitrogens with zero attached hydrogens (tertiary/aromatic N) is 3. The van der Waals surface area contributed by atoms with Gasteiger partial charge in [0, 0.05) is 33.0 Å². The van der Waals surface area contributed by atoms with Gasteiger partial charge in [-0.3, -0.25) is 0 Å². The van der Waals surface area contributed by atoms with E-state index in [0.29, 0.717) is 0 Å². The Balaban J connectivity index is 1.15. The summed E-state index contributed by atoms with van der Waals surface area (Å²) in [7, 11) is 22.3. The van der Waals surface area contributed by atoms with Gasteiger partial charge in [-0.15, -0.1) is 32.8 Å². The lowest BCUT2D eigenvalue weighted by Crippen LogP contribution is -2.55. The fourth-order valence-electron chi connectivity index (χ4n) is 9.75. The van der Waals surface area contributed by atoms with Crippen LogP contribution < -0.4 is 54.6 Å². The van der Waals surface area contributed by atoms with Gasteiger partial charge < -0.3 is 8.98 Å². The van der Waals surface area contributed by atoms with E-state index in [0.717, 1.165) is 83.5 Å². The number of benzene rings is 7. The number of hydrogen-bond donors (Lipinski definition) is 0. The highest BCUT2D eigenvalue weighted by Crippen LogP contribution is 2.41. The predicted octanol–water partition coefficient (Wildman–Crippen LogP) is -5.27. The number of furan rings is 1. The van der Waals surface area contributed by atoms with Crippen LogP contribution in [0.1, 0.15) is 0 Å². The molecule has 0 atom stereocenters. The first-order valence-corrected chi connectivity index (χ1v) is 21.0. The average molecular weight is 758 g/mol. The van der Waals surface area contributed by atoms with Gasteiger partial charge >= 0.3 is 0 Å². The molecule has 0 bridgehead atoms. The van der Waals surface area contributed by atoms with Crippen molar-refractivity contribution >= 4 is 177 Å². The maximum absolute atomic E-state index is 6.58. The average Bonchev–Trinajstić information content (AvgIpc) is 3.82. The lowest BCUT2D eigenvalue weighted by atomic mass is 9.60. The molecule has 60 heavy (non-hydrogen) atoms.